The largest absolute Gasteiger partial charge is 0.426 e. The zero-order valence-electron chi connectivity index (χ0n) is 11.2. The van der Waals surface area contributed by atoms with Gasteiger partial charge in [0.25, 0.3) is 0 Å². The molecule has 1 aliphatic rings. The average molecular weight is 272 g/mol. The predicted molar refractivity (Wildman–Crippen MR) is 68.1 cm³/mol. The summed E-state index contributed by atoms with van der Waals surface area (Å²) in [6, 6.07) is 7.97. The molecule has 2 nitrogen and oxygen atoms in total. The van der Waals surface area contributed by atoms with Crippen LogP contribution in [0.5, 0.6) is 0 Å². The second-order valence-electron chi connectivity index (χ2n) is 4.91. The second kappa shape index (κ2) is 5.13. The van der Waals surface area contributed by atoms with E-state index in [4.69, 9.17) is 0 Å². The number of rotatable bonds is 5. The molecule has 1 saturated heterocycles. The quantitative estimate of drug-likeness (QED) is 0.825. The van der Waals surface area contributed by atoms with Gasteiger partial charge in [0.2, 0.25) is 5.66 Å². The van der Waals surface area contributed by atoms with E-state index in [0.29, 0.717) is 6.42 Å². The van der Waals surface area contributed by atoms with Crippen molar-refractivity contribution >= 4 is 0 Å². The molecule has 3 atom stereocenters. The van der Waals surface area contributed by atoms with Crippen molar-refractivity contribution in [1.82, 2.24) is 10.4 Å². The standard InChI is InChI=1S/C14H19F3N2/c1-3-8-12(4-2)19-13(18-19,14(15,16)17)11-9-6-5-7-10-11/h5-7,9-10,12,18H,3-4,8H2,1-2H3. The van der Waals surface area contributed by atoms with E-state index < -0.39 is 11.8 Å². The molecule has 1 aromatic rings. The summed E-state index contributed by atoms with van der Waals surface area (Å²) in [4.78, 5) is 0. The van der Waals surface area contributed by atoms with Gasteiger partial charge in [-0.1, -0.05) is 50.6 Å². The molecule has 2 rings (SSSR count). The molecule has 3 unspecified atom stereocenters. The Labute approximate surface area is 111 Å². The molecule has 1 fully saturated rings. The summed E-state index contributed by atoms with van der Waals surface area (Å²) in [6.07, 6.45) is -1.99. The van der Waals surface area contributed by atoms with Gasteiger partial charge in [-0.2, -0.15) is 13.2 Å². The highest BCUT2D eigenvalue weighted by Gasteiger charge is 2.72. The van der Waals surface area contributed by atoms with Gasteiger partial charge in [0.15, 0.2) is 0 Å². The third-order valence-electron chi connectivity index (χ3n) is 3.65. The van der Waals surface area contributed by atoms with Crippen LogP contribution in [0.15, 0.2) is 30.3 Å². The molecule has 0 radical (unpaired) electrons. The van der Waals surface area contributed by atoms with Crippen molar-refractivity contribution in [2.45, 2.75) is 51.0 Å². The van der Waals surface area contributed by atoms with Crippen LogP contribution < -0.4 is 5.43 Å². The van der Waals surface area contributed by atoms with Gasteiger partial charge < -0.3 is 0 Å². The fraction of sp³-hybridized carbons (Fsp3) is 0.571. The third kappa shape index (κ3) is 2.37. The summed E-state index contributed by atoms with van der Waals surface area (Å²) in [5.74, 6) is 0. The van der Waals surface area contributed by atoms with Gasteiger partial charge in [0, 0.05) is 6.04 Å². The lowest BCUT2D eigenvalue weighted by molar-refractivity contribution is -0.178. The van der Waals surface area contributed by atoms with E-state index in [2.05, 4.69) is 5.43 Å². The maximum absolute atomic E-state index is 13.5. The van der Waals surface area contributed by atoms with Crippen molar-refractivity contribution < 1.29 is 13.2 Å². The van der Waals surface area contributed by atoms with Crippen molar-refractivity contribution in [2.75, 3.05) is 0 Å². The van der Waals surface area contributed by atoms with Gasteiger partial charge >= 0.3 is 6.18 Å². The van der Waals surface area contributed by atoms with E-state index >= 15 is 0 Å². The molecular weight excluding hydrogens is 253 g/mol. The molecule has 0 spiro atoms. The third-order valence-corrected chi connectivity index (χ3v) is 3.65. The molecule has 0 aliphatic carbocycles. The van der Waals surface area contributed by atoms with Gasteiger partial charge in [-0.3, -0.25) is 0 Å². The van der Waals surface area contributed by atoms with E-state index in [-0.39, 0.29) is 11.6 Å². The Balaban J connectivity index is 2.32. The molecule has 1 aliphatic heterocycles. The van der Waals surface area contributed by atoms with Crippen molar-refractivity contribution in [2.24, 2.45) is 0 Å². The SMILES string of the molecule is CCCC(CC)N1NC1(c1ccccc1)C(F)(F)F. The molecule has 0 aromatic heterocycles. The monoisotopic (exact) mass is 272 g/mol. The minimum Gasteiger partial charge on any atom is -0.219 e. The highest BCUT2D eigenvalue weighted by Crippen LogP contribution is 2.51. The van der Waals surface area contributed by atoms with E-state index in [9.17, 15) is 13.2 Å². The fourth-order valence-corrected chi connectivity index (χ4v) is 2.61. The van der Waals surface area contributed by atoms with Crippen LogP contribution in [0.25, 0.3) is 0 Å². The molecule has 19 heavy (non-hydrogen) atoms. The summed E-state index contributed by atoms with van der Waals surface area (Å²) in [7, 11) is 0. The summed E-state index contributed by atoms with van der Waals surface area (Å²) < 4.78 is 40.4. The van der Waals surface area contributed by atoms with Crippen LogP contribution in [0.2, 0.25) is 0 Å². The first-order chi connectivity index (χ1) is 8.97. The second-order valence-corrected chi connectivity index (χ2v) is 4.91. The number of nitrogens with zero attached hydrogens (tertiary/aromatic N) is 1. The Kier molecular flexibility index (Phi) is 3.87. The van der Waals surface area contributed by atoms with Gasteiger partial charge in [0.05, 0.1) is 0 Å². The van der Waals surface area contributed by atoms with Crippen molar-refractivity contribution in [3.63, 3.8) is 0 Å². The van der Waals surface area contributed by atoms with Gasteiger partial charge in [-0.05, 0) is 18.4 Å². The van der Waals surface area contributed by atoms with Crippen LogP contribution in [0, 0.1) is 0 Å². The molecule has 106 valence electrons. The zero-order chi connectivity index (χ0) is 14.1. The van der Waals surface area contributed by atoms with Crippen LogP contribution in [0.1, 0.15) is 38.7 Å². The van der Waals surface area contributed by atoms with Gasteiger partial charge in [0.1, 0.15) is 0 Å². The van der Waals surface area contributed by atoms with Crippen molar-refractivity contribution in [1.29, 1.82) is 0 Å². The first kappa shape index (κ1) is 14.3. The minimum atomic E-state index is -4.32. The Morgan fingerprint density at radius 2 is 1.84 bits per heavy atom. The maximum atomic E-state index is 13.5. The Morgan fingerprint density at radius 1 is 1.21 bits per heavy atom. The maximum Gasteiger partial charge on any atom is 0.426 e. The highest BCUT2D eigenvalue weighted by molar-refractivity contribution is 5.30. The number of benzene rings is 1. The lowest BCUT2D eigenvalue weighted by Gasteiger charge is -2.23. The zero-order valence-corrected chi connectivity index (χ0v) is 11.2. The fourth-order valence-electron chi connectivity index (χ4n) is 2.61. The number of hydrogen-bond acceptors (Lipinski definition) is 2. The molecule has 1 N–H and O–H groups in total. The van der Waals surface area contributed by atoms with Crippen LogP contribution in [0.4, 0.5) is 13.2 Å². The van der Waals surface area contributed by atoms with E-state index in [1.54, 1.807) is 18.2 Å². The summed E-state index contributed by atoms with van der Waals surface area (Å²) in [5.41, 5.74) is 0.848. The van der Waals surface area contributed by atoms with E-state index in [1.807, 2.05) is 13.8 Å². The number of alkyl halides is 3. The summed E-state index contributed by atoms with van der Waals surface area (Å²) in [6.45, 7) is 3.91. The van der Waals surface area contributed by atoms with Crippen LogP contribution in [-0.4, -0.2) is 17.2 Å². The first-order valence-electron chi connectivity index (χ1n) is 6.66. The molecular formula is C14H19F3N2. The summed E-state index contributed by atoms with van der Waals surface area (Å²) in [5, 5.41) is 1.37. The van der Waals surface area contributed by atoms with Crippen molar-refractivity contribution in [3.8, 4) is 0 Å². The lowest BCUT2D eigenvalue weighted by Crippen LogP contribution is -2.38. The smallest absolute Gasteiger partial charge is 0.219 e. The summed E-state index contributed by atoms with van der Waals surface area (Å²) >= 11 is 0. The number of hydrazine groups is 1. The minimum absolute atomic E-state index is 0.0909. The lowest BCUT2D eigenvalue weighted by atomic mass is 10.0. The molecule has 0 amide bonds. The Morgan fingerprint density at radius 3 is 2.32 bits per heavy atom. The molecule has 5 heteroatoms. The van der Waals surface area contributed by atoms with Crippen LogP contribution >= 0.6 is 0 Å². The topological polar surface area (TPSA) is 25.0 Å². The highest BCUT2D eigenvalue weighted by atomic mass is 19.4. The van der Waals surface area contributed by atoms with E-state index in [0.717, 1.165) is 12.8 Å². The Hall–Kier alpha value is -1.07. The van der Waals surface area contributed by atoms with Crippen molar-refractivity contribution in [3.05, 3.63) is 35.9 Å². The van der Waals surface area contributed by atoms with Gasteiger partial charge in [-0.25, -0.2) is 10.4 Å². The molecule has 1 heterocycles. The van der Waals surface area contributed by atoms with Crippen LogP contribution in [0.3, 0.4) is 0 Å². The predicted octanol–water partition coefficient (Wildman–Crippen LogP) is 3.80. The number of nitrogens with one attached hydrogen (secondary N) is 1. The average Bonchev–Trinajstić information content (AvgIpc) is 3.13. The van der Waals surface area contributed by atoms with Gasteiger partial charge in [-0.15, -0.1) is 0 Å². The number of hydrogen-bond donors (Lipinski definition) is 1. The first-order valence-corrected chi connectivity index (χ1v) is 6.66. The Bertz CT molecular complexity index is 418. The molecule has 0 saturated carbocycles. The molecule has 0 bridgehead atoms. The van der Waals surface area contributed by atoms with Crippen LogP contribution in [-0.2, 0) is 5.66 Å². The van der Waals surface area contributed by atoms with E-state index in [1.165, 1.54) is 17.1 Å². The normalized spacial score (nSPS) is 28.2. The molecule has 1 aromatic carbocycles. The number of halogens is 3.